The highest BCUT2D eigenvalue weighted by Gasteiger charge is 2.11. The lowest BCUT2D eigenvalue weighted by molar-refractivity contribution is 0.547. The van der Waals surface area contributed by atoms with Gasteiger partial charge in [-0.1, -0.05) is 13.3 Å². The molecular weight excluding hydrogens is 238 g/mol. The van der Waals surface area contributed by atoms with E-state index in [0.717, 1.165) is 35.0 Å². The molecule has 2 rings (SSSR count). The molecular formula is C16H21NO2. The summed E-state index contributed by atoms with van der Waals surface area (Å²) in [6.07, 6.45) is 1.72. The lowest BCUT2D eigenvalue weighted by Gasteiger charge is -2.12. The molecule has 1 aromatic carbocycles. The fraction of sp³-hybridized carbons (Fsp3) is 0.438. The van der Waals surface area contributed by atoms with Gasteiger partial charge in [-0.2, -0.15) is 0 Å². The summed E-state index contributed by atoms with van der Waals surface area (Å²) in [5.74, 6) is 0. The van der Waals surface area contributed by atoms with E-state index in [2.05, 4.69) is 32.2 Å². The monoisotopic (exact) mass is 259 g/mol. The number of hydrogen-bond donors (Lipinski definition) is 1. The number of hydrogen-bond acceptors (Lipinski definition) is 3. The number of fused-ring (bicyclic) bond motifs is 1. The minimum Gasteiger partial charge on any atom is -0.423 e. The Morgan fingerprint density at radius 3 is 2.68 bits per heavy atom. The molecule has 3 nitrogen and oxygen atoms in total. The van der Waals surface area contributed by atoms with E-state index in [9.17, 15) is 4.79 Å². The van der Waals surface area contributed by atoms with Gasteiger partial charge in [-0.05, 0) is 51.0 Å². The smallest absolute Gasteiger partial charge is 0.339 e. The van der Waals surface area contributed by atoms with Crippen LogP contribution in [0.2, 0.25) is 0 Å². The molecule has 0 radical (unpaired) electrons. The molecule has 0 aliphatic rings. The van der Waals surface area contributed by atoms with E-state index >= 15 is 0 Å². The van der Waals surface area contributed by atoms with Crippen LogP contribution in [0.3, 0.4) is 0 Å². The van der Waals surface area contributed by atoms with Crippen molar-refractivity contribution in [1.82, 2.24) is 0 Å². The Morgan fingerprint density at radius 1 is 1.32 bits per heavy atom. The van der Waals surface area contributed by atoms with Crippen LogP contribution in [0.1, 0.15) is 38.3 Å². The first-order valence-electron chi connectivity index (χ1n) is 6.85. The third-order valence-corrected chi connectivity index (χ3v) is 3.24. The highest BCUT2D eigenvalue weighted by atomic mass is 16.4. The van der Waals surface area contributed by atoms with Crippen LogP contribution in [0.15, 0.2) is 27.4 Å². The third kappa shape index (κ3) is 2.80. The van der Waals surface area contributed by atoms with Gasteiger partial charge in [0.1, 0.15) is 5.58 Å². The first-order valence-corrected chi connectivity index (χ1v) is 6.85. The summed E-state index contributed by atoms with van der Waals surface area (Å²) in [7, 11) is 0. The van der Waals surface area contributed by atoms with Gasteiger partial charge in [0.15, 0.2) is 0 Å². The van der Waals surface area contributed by atoms with Gasteiger partial charge >= 0.3 is 5.63 Å². The molecule has 0 atom stereocenters. The van der Waals surface area contributed by atoms with Crippen LogP contribution in [0.5, 0.6) is 0 Å². The van der Waals surface area contributed by atoms with Crippen molar-refractivity contribution in [3.8, 4) is 0 Å². The first-order chi connectivity index (χ1) is 9.02. The van der Waals surface area contributed by atoms with Gasteiger partial charge in [0.2, 0.25) is 0 Å². The minimum absolute atomic E-state index is 0.198. The standard InChI is InChI=1S/C16H21NO2/c1-5-6-13-11(4)14-9-12(17-10(2)3)7-8-15(14)19-16(13)18/h7-10,17H,5-6H2,1-4H3. The maximum absolute atomic E-state index is 11.9. The third-order valence-electron chi connectivity index (χ3n) is 3.24. The second kappa shape index (κ2) is 5.47. The van der Waals surface area contributed by atoms with E-state index in [1.165, 1.54) is 0 Å². The van der Waals surface area contributed by atoms with Gasteiger partial charge in [-0.3, -0.25) is 0 Å². The summed E-state index contributed by atoms with van der Waals surface area (Å²) in [5.41, 5.74) is 3.37. The lowest BCUT2D eigenvalue weighted by Crippen LogP contribution is -2.11. The SMILES string of the molecule is CCCc1c(C)c2cc(NC(C)C)ccc2oc1=O. The Balaban J connectivity index is 2.60. The largest absolute Gasteiger partial charge is 0.423 e. The zero-order chi connectivity index (χ0) is 14.0. The van der Waals surface area contributed by atoms with E-state index in [-0.39, 0.29) is 5.63 Å². The molecule has 0 amide bonds. The Hall–Kier alpha value is -1.77. The fourth-order valence-corrected chi connectivity index (χ4v) is 2.35. The molecule has 19 heavy (non-hydrogen) atoms. The molecule has 1 aromatic heterocycles. The number of rotatable bonds is 4. The molecule has 0 bridgehead atoms. The minimum atomic E-state index is -0.198. The van der Waals surface area contributed by atoms with Gasteiger partial charge < -0.3 is 9.73 Å². The molecule has 1 heterocycles. The molecule has 3 heteroatoms. The van der Waals surface area contributed by atoms with Crippen molar-refractivity contribution >= 4 is 16.7 Å². The van der Waals surface area contributed by atoms with Crippen LogP contribution < -0.4 is 10.9 Å². The Bertz CT molecular complexity index is 641. The number of anilines is 1. The number of nitrogens with one attached hydrogen (secondary N) is 1. The van der Waals surface area contributed by atoms with Crippen LogP contribution in [0.25, 0.3) is 11.0 Å². The highest BCUT2D eigenvalue weighted by Crippen LogP contribution is 2.24. The Kier molecular flexibility index (Phi) is 3.93. The van der Waals surface area contributed by atoms with Crippen LogP contribution in [-0.2, 0) is 6.42 Å². The number of aryl methyl sites for hydroxylation is 1. The van der Waals surface area contributed by atoms with Crippen molar-refractivity contribution in [2.24, 2.45) is 0 Å². The maximum Gasteiger partial charge on any atom is 0.339 e. The molecule has 0 fully saturated rings. The van der Waals surface area contributed by atoms with Crippen molar-refractivity contribution in [2.45, 2.75) is 46.6 Å². The predicted octanol–water partition coefficient (Wildman–Crippen LogP) is 3.87. The van der Waals surface area contributed by atoms with Crippen LogP contribution in [-0.4, -0.2) is 6.04 Å². The summed E-state index contributed by atoms with van der Waals surface area (Å²) in [4.78, 5) is 11.9. The Labute approximate surface area is 113 Å². The number of benzene rings is 1. The molecule has 0 unspecified atom stereocenters. The molecule has 0 aliphatic heterocycles. The first kappa shape index (κ1) is 13.7. The van der Waals surface area contributed by atoms with Crippen LogP contribution in [0, 0.1) is 6.92 Å². The van der Waals surface area contributed by atoms with Crippen molar-refractivity contribution in [1.29, 1.82) is 0 Å². The van der Waals surface area contributed by atoms with E-state index in [1.807, 2.05) is 19.1 Å². The Morgan fingerprint density at radius 2 is 2.05 bits per heavy atom. The average molecular weight is 259 g/mol. The molecule has 2 aromatic rings. The normalized spacial score (nSPS) is 11.2. The van der Waals surface area contributed by atoms with Crippen molar-refractivity contribution < 1.29 is 4.42 Å². The zero-order valence-electron chi connectivity index (χ0n) is 12.0. The summed E-state index contributed by atoms with van der Waals surface area (Å²) in [6, 6.07) is 6.25. The van der Waals surface area contributed by atoms with Crippen molar-refractivity contribution in [3.63, 3.8) is 0 Å². The van der Waals surface area contributed by atoms with E-state index in [0.29, 0.717) is 11.6 Å². The van der Waals surface area contributed by atoms with E-state index < -0.39 is 0 Å². The summed E-state index contributed by atoms with van der Waals surface area (Å²) in [6.45, 7) is 8.28. The van der Waals surface area contributed by atoms with Gasteiger partial charge in [0, 0.05) is 22.7 Å². The van der Waals surface area contributed by atoms with Crippen molar-refractivity contribution in [3.05, 3.63) is 39.7 Å². The molecule has 0 saturated carbocycles. The van der Waals surface area contributed by atoms with Crippen LogP contribution in [0.4, 0.5) is 5.69 Å². The highest BCUT2D eigenvalue weighted by molar-refractivity contribution is 5.84. The summed E-state index contributed by atoms with van der Waals surface area (Å²) >= 11 is 0. The average Bonchev–Trinajstić information content (AvgIpc) is 2.35. The second-order valence-electron chi connectivity index (χ2n) is 5.25. The molecule has 0 saturated heterocycles. The lowest BCUT2D eigenvalue weighted by atomic mass is 10.0. The van der Waals surface area contributed by atoms with Crippen LogP contribution >= 0.6 is 0 Å². The van der Waals surface area contributed by atoms with Gasteiger partial charge in [0.05, 0.1) is 0 Å². The summed E-state index contributed by atoms with van der Waals surface area (Å²) in [5, 5.41) is 4.39. The van der Waals surface area contributed by atoms with Crippen molar-refractivity contribution in [2.75, 3.05) is 5.32 Å². The van der Waals surface area contributed by atoms with E-state index in [1.54, 1.807) is 0 Å². The topological polar surface area (TPSA) is 42.2 Å². The maximum atomic E-state index is 11.9. The van der Waals surface area contributed by atoms with Gasteiger partial charge in [-0.15, -0.1) is 0 Å². The van der Waals surface area contributed by atoms with Gasteiger partial charge in [-0.25, -0.2) is 4.79 Å². The zero-order valence-corrected chi connectivity index (χ0v) is 12.0. The van der Waals surface area contributed by atoms with E-state index in [4.69, 9.17) is 4.42 Å². The molecule has 1 N–H and O–H groups in total. The fourth-order valence-electron chi connectivity index (χ4n) is 2.35. The molecule has 0 spiro atoms. The predicted molar refractivity (Wildman–Crippen MR) is 80.0 cm³/mol. The molecule has 102 valence electrons. The van der Waals surface area contributed by atoms with Gasteiger partial charge in [0.25, 0.3) is 0 Å². The quantitative estimate of drug-likeness (QED) is 0.847. The second-order valence-corrected chi connectivity index (χ2v) is 5.25. The molecule has 0 aliphatic carbocycles. The summed E-state index contributed by atoms with van der Waals surface area (Å²) < 4.78 is 5.40.